The van der Waals surface area contributed by atoms with Crippen LogP contribution in [0.4, 0.5) is 14.5 Å². The van der Waals surface area contributed by atoms with Crippen molar-refractivity contribution in [3.63, 3.8) is 0 Å². The zero-order chi connectivity index (χ0) is 24.6. The van der Waals surface area contributed by atoms with Gasteiger partial charge in [-0.25, -0.2) is 8.78 Å². The Balaban J connectivity index is 1.70. The Morgan fingerprint density at radius 2 is 1.79 bits per heavy atom. The normalized spacial score (nSPS) is 15.8. The molecule has 1 atom stereocenters. The van der Waals surface area contributed by atoms with Gasteiger partial charge in [-0.15, -0.1) is 0 Å². The molecule has 9 heteroatoms. The van der Waals surface area contributed by atoms with Crippen LogP contribution in [-0.4, -0.2) is 33.5 Å². The van der Waals surface area contributed by atoms with E-state index in [1.165, 1.54) is 59.8 Å². The smallest absolute Gasteiger partial charge is 0.271 e. The zero-order valence-electron chi connectivity index (χ0n) is 18.8. The molecule has 4 rings (SSSR count). The SMILES string of the molecule is Cc1cnn(-c2cc(NC(=O)C3=CN(C)C(=O)C[C@H]3c3ccc(F)cc3)c(C)cc2F)c(=O)c1. The number of anilines is 1. The van der Waals surface area contributed by atoms with Gasteiger partial charge in [-0.2, -0.15) is 9.78 Å². The van der Waals surface area contributed by atoms with Gasteiger partial charge in [-0.1, -0.05) is 12.1 Å². The lowest BCUT2D eigenvalue weighted by atomic mass is 9.85. The summed E-state index contributed by atoms with van der Waals surface area (Å²) in [5.41, 5.74) is 1.66. The standard InChI is InChI=1S/C25H22F2N4O3/c1-14-8-24(33)31(28-12-14)22-11-21(15(2)9-20(22)27)29-25(34)19-13-30(3)23(32)10-18(19)16-4-6-17(26)7-5-16/h4-9,11-13,18H,10H2,1-3H3,(H,29,34)/t18-/m0/s1. The van der Waals surface area contributed by atoms with E-state index in [1.54, 1.807) is 20.9 Å². The molecule has 0 saturated heterocycles. The number of aryl methyl sites for hydroxylation is 2. The molecule has 1 aliphatic rings. The van der Waals surface area contributed by atoms with E-state index in [9.17, 15) is 23.2 Å². The average Bonchev–Trinajstić information content (AvgIpc) is 2.78. The van der Waals surface area contributed by atoms with E-state index in [4.69, 9.17) is 0 Å². The first-order chi connectivity index (χ1) is 16.1. The molecule has 2 heterocycles. The molecule has 0 unspecified atom stereocenters. The zero-order valence-corrected chi connectivity index (χ0v) is 18.8. The maximum absolute atomic E-state index is 14.7. The lowest BCUT2D eigenvalue weighted by Gasteiger charge is -2.28. The molecule has 0 radical (unpaired) electrons. The highest BCUT2D eigenvalue weighted by Gasteiger charge is 2.31. The first kappa shape index (κ1) is 23.0. The van der Waals surface area contributed by atoms with Gasteiger partial charge in [0.25, 0.3) is 11.5 Å². The summed E-state index contributed by atoms with van der Waals surface area (Å²) >= 11 is 0. The number of aromatic nitrogens is 2. The van der Waals surface area contributed by atoms with E-state index < -0.39 is 29.0 Å². The minimum atomic E-state index is -0.666. The predicted octanol–water partition coefficient (Wildman–Crippen LogP) is 3.60. The Kier molecular flexibility index (Phi) is 6.10. The molecule has 1 aromatic heterocycles. The number of nitrogens with zero attached hydrogens (tertiary/aromatic N) is 3. The number of halogens is 2. The van der Waals surface area contributed by atoms with Crippen molar-refractivity contribution in [2.45, 2.75) is 26.2 Å². The van der Waals surface area contributed by atoms with Crippen LogP contribution in [0.15, 0.2) is 65.2 Å². The van der Waals surface area contributed by atoms with Crippen molar-refractivity contribution >= 4 is 17.5 Å². The topological polar surface area (TPSA) is 84.3 Å². The summed E-state index contributed by atoms with van der Waals surface area (Å²) in [6.45, 7) is 3.32. The number of hydrogen-bond acceptors (Lipinski definition) is 4. The Bertz CT molecular complexity index is 1380. The first-order valence-electron chi connectivity index (χ1n) is 10.5. The van der Waals surface area contributed by atoms with E-state index in [2.05, 4.69) is 10.4 Å². The largest absolute Gasteiger partial charge is 0.322 e. The molecule has 0 aliphatic carbocycles. The van der Waals surface area contributed by atoms with Gasteiger partial charge < -0.3 is 10.2 Å². The van der Waals surface area contributed by atoms with Crippen molar-refractivity contribution in [2.75, 3.05) is 12.4 Å². The van der Waals surface area contributed by atoms with Gasteiger partial charge >= 0.3 is 0 Å². The summed E-state index contributed by atoms with van der Waals surface area (Å²) in [5, 5.41) is 6.76. The number of amides is 2. The highest BCUT2D eigenvalue weighted by Crippen LogP contribution is 2.34. The summed E-state index contributed by atoms with van der Waals surface area (Å²) < 4.78 is 29.0. The molecule has 0 spiro atoms. The fourth-order valence-corrected chi connectivity index (χ4v) is 3.84. The number of rotatable bonds is 4. The molecular formula is C25H22F2N4O3. The Morgan fingerprint density at radius 1 is 1.09 bits per heavy atom. The molecular weight excluding hydrogens is 442 g/mol. The highest BCUT2D eigenvalue weighted by molar-refractivity contribution is 6.06. The summed E-state index contributed by atoms with van der Waals surface area (Å²) in [5.74, 6) is -2.35. The quantitative estimate of drug-likeness (QED) is 0.640. The van der Waals surface area contributed by atoms with Gasteiger partial charge in [-0.3, -0.25) is 14.4 Å². The minimum absolute atomic E-state index is 0.0394. The second-order valence-electron chi connectivity index (χ2n) is 8.25. The summed E-state index contributed by atoms with van der Waals surface area (Å²) in [4.78, 5) is 39.3. The van der Waals surface area contributed by atoms with Crippen LogP contribution in [0.5, 0.6) is 0 Å². The predicted molar refractivity (Wildman–Crippen MR) is 123 cm³/mol. The fraction of sp³-hybridized carbons (Fsp3) is 0.200. The third-order valence-electron chi connectivity index (χ3n) is 5.72. The number of hydrogen-bond donors (Lipinski definition) is 1. The van der Waals surface area contributed by atoms with Crippen molar-refractivity contribution in [3.8, 4) is 5.69 Å². The second kappa shape index (κ2) is 9.01. The molecule has 1 aliphatic heterocycles. The molecule has 0 saturated carbocycles. The lowest BCUT2D eigenvalue weighted by Crippen LogP contribution is -2.33. The summed E-state index contributed by atoms with van der Waals surface area (Å²) in [7, 11) is 1.55. The molecule has 0 bridgehead atoms. The van der Waals surface area contributed by atoms with E-state index in [0.717, 1.165) is 4.68 Å². The molecule has 34 heavy (non-hydrogen) atoms. The van der Waals surface area contributed by atoms with Crippen LogP contribution in [-0.2, 0) is 9.59 Å². The second-order valence-corrected chi connectivity index (χ2v) is 8.25. The van der Waals surface area contributed by atoms with Crippen molar-refractivity contribution in [1.82, 2.24) is 14.7 Å². The number of nitrogens with one attached hydrogen (secondary N) is 1. The Hall–Kier alpha value is -4.14. The van der Waals surface area contributed by atoms with Gasteiger partial charge in [0.05, 0.1) is 6.20 Å². The molecule has 2 amide bonds. The van der Waals surface area contributed by atoms with E-state index in [1.807, 2.05) is 0 Å². The van der Waals surface area contributed by atoms with Crippen molar-refractivity contribution < 1.29 is 18.4 Å². The van der Waals surface area contributed by atoms with E-state index >= 15 is 0 Å². The van der Waals surface area contributed by atoms with Crippen LogP contribution in [0.25, 0.3) is 5.69 Å². The average molecular weight is 464 g/mol. The molecule has 7 nitrogen and oxygen atoms in total. The van der Waals surface area contributed by atoms with Crippen LogP contribution in [0.3, 0.4) is 0 Å². The first-order valence-corrected chi connectivity index (χ1v) is 10.5. The van der Waals surface area contributed by atoms with Crippen molar-refractivity contribution in [3.05, 3.63) is 99.1 Å². The van der Waals surface area contributed by atoms with Gasteiger partial charge in [0, 0.05) is 42.9 Å². The monoisotopic (exact) mass is 464 g/mol. The third-order valence-corrected chi connectivity index (χ3v) is 5.72. The van der Waals surface area contributed by atoms with Gasteiger partial charge in [0.2, 0.25) is 5.91 Å². The Morgan fingerprint density at radius 3 is 2.47 bits per heavy atom. The maximum atomic E-state index is 14.7. The third kappa shape index (κ3) is 4.50. The molecule has 2 aromatic carbocycles. The van der Waals surface area contributed by atoms with Crippen molar-refractivity contribution in [2.24, 2.45) is 0 Å². The molecule has 0 fully saturated rings. The number of carbonyl (C=O) groups is 2. The number of benzene rings is 2. The summed E-state index contributed by atoms with van der Waals surface area (Å²) in [6, 6.07) is 9.51. The number of carbonyl (C=O) groups excluding carboxylic acids is 2. The maximum Gasteiger partial charge on any atom is 0.271 e. The van der Waals surface area contributed by atoms with Gasteiger partial charge in [-0.05, 0) is 54.8 Å². The van der Waals surface area contributed by atoms with E-state index in [-0.39, 0.29) is 23.7 Å². The van der Waals surface area contributed by atoms with Crippen LogP contribution < -0.4 is 10.9 Å². The summed E-state index contributed by atoms with van der Waals surface area (Å²) in [6.07, 6.45) is 2.92. The van der Waals surface area contributed by atoms with E-state index in [0.29, 0.717) is 22.3 Å². The molecule has 3 aromatic rings. The van der Waals surface area contributed by atoms with Gasteiger partial charge in [0.15, 0.2) is 0 Å². The highest BCUT2D eigenvalue weighted by atomic mass is 19.1. The molecule has 1 N–H and O–H groups in total. The minimum Gasteiger partial charge on any atom is -0.322 e. The fourth-order valence-electron chi connectivity index (χ4n) is 3.84. The Labute approximate surface area is 194 Å². The van der Waals surface area contributed by atoms with Gasteiger partial charge in [0.1, 0.15) is 17.3 Å². The van der Waals surface area contributed by atoms with Crippen molar-refractivity contribution in [1.29, 1.82) is 0 Å². The van der Waals surface area contributed by atoms with Crippen LogP contribution in [0.2, 0.25) is 0 Å². The van der Waals surface area contributed by atoms with Crippen LogP contribution in [0, 0.1) is 25.5 Å². The van der Waals surface area contributed by atoms with Crippen LogP contribution in [0.1, 0.15) is 29.0 Å². The lowest BCUT2D eigenvalue weighted by molar-refractivity contribution is -0.128. The van der Waals surface area contributed by atoms with Crippen LogP contribution >= 0.6 is 0 Å². The molecule has 174 valence electrons.